The Morgan fingerprint density at radius 3 is 2.39 bits per heavy atom. The van der Waals surface area contributed by atoms with Crippen LogP contribution in [0, 0.1) is 0 Å². The highest BCUT2D eigenvalue weighted by Crippen LogP contribution is 2.19. The summed E-state index contributed by atoms with van der Waals surface area (Å²) in [4.78, 5) is 10.4. The van der Waals surface area contributed by atoms with Crippen molar-refractivity contribution < 1.29 is 23.4 Å². The van der Waals surface area contributed by atoms with Gasteiger partial charge in [0.25, 0.3) is 10.2 Å². The summed E-state index contributed by atoms with van der Waals surface area (Å²) in [5, 5.41) is 17.8. The summed E-state index contributed by atoms with van der Waals surface area (Å²) in [5.41, 5.74) is 0. The molecule has 1 aliphatic rings. The van der Waals surface area contributed by atoms with E-state index in [1.807, 2.05) is 0 Å². The Morgan fingerprint density at radius 1 is 1.33 bits per heavy atom. The van der Waals surface area contributed by atoms with Crippen LogP contribution in [-0.2, 0) is 15.0 Å². The van der Waals surface area contributed by atoms with Crippen LogP contribution in [0.1, 0.15) is 32.1 Å². The third kappa shape index (κ3) is 4.89. The van der Waals surface area contributed by atoms with Crippen molar-refractivity contribution in [1.29, 1.82) is 0 Å². The molecule has 1 fully saturated rings. The zero-order valence-corrected chi connectivity index (χ0v) is 11.2. The topological polar surface area (TPSA) is 107 Å². The van der Waals surface area contributed by atoms with Gasteiger partial charge in [0, 0.05) is 19.6 Å². The lowest BCUT2D eigenvalue weighted by atomic mass is 9.94. The first kappa shape index (κ1) is 15.4. The van der Waals surface area contributed by atoms with Crippen LogP contribution < -0.4 is 4.72 Å². The zero-order valence-electron chi connectivity index (χ0n) is 10.4. The molecule has 0 aromatic heterocycles. The summed E-state index contributed by atoms with van der Waals surface area (Å²) < 4.78 is 27.2. The van der Waals surface area contributed by atoms with Crippen LogP contribution in [0.5, 0.6) is 0 Å². The lowest BCUT2D eigenvalue weighted by Crippen LogP contribution is -2.45. The Bertz CT molecular complexity index is 376. The van der Waals surface area contributed by atoms with Crippen LogP contribution >= 0.6 is 0 Å². The lowest BCUT2D eigenvalue weighted by molar-refractivity contribution is -0.137. The van der Waals surface area contributed by atoms with E-state index in [9.17, 15) is 18.3 Å². The van der Waals surface area contributed by atoms with E-state index in [0.717, 1.165) is 4.31 Å². The molecule has 0 radical (unpaired) electrons. The third-order valence-electron chi connectivity index (χ3n) is 3.06. The minimum absolute atomic E-state index is 0.0555. The molecule has 0 aromatic carbocycles. The maximum absolute atomic E-state index is 11.9. The van der Waals surface area contributed by atoms with Crippen molar-refractivity contribution in [3.8, 4) is 0 Å². The normalized spacial score (nSPS) is 25.3. The summed E-state index contributed by atoms with van der Waals surface area (Å²) in [6.07, 6.45) is 1.83. The summed E-state index contributed by atoms with van der Waals surface area (Å²) in [5.74, 6) is -1.03. The number of carbonyl (C=O) groups is 1. The van der Waals surface area contributed by atoms with Gasteiger partial charge in [0.05, 0.1) is 12.5 Å². The maximum Gasteiger partial charge on any atom is 0.304 e. The number of hydrogen-bond acceptors (Lipinski definition) is 4. The molecule has 8 heteroatoms. The van der Waals surface area contributed by atoms with Gasteiger partial charge in [-0.2, -0.15) is 17.4 Å². The number of rotatable bonds is 6. The molecule has 0 unspecified atom stereocenters. The highest BCUT2D eigenvalue weighted by Gasteiger charge is 2.26. The second kappa shape index (κ2) is 6.46. The highest BCUT2D eigenvalue weighted by molar-refractivity contribution is 7.87. The molecule has 0 bridgehead atoms. The van der Waals surface area contributed by atoms with Gasteiger partial charge in [0.2, 0.25) is 0 Å². The molecule has 0 saturated heterocycles. The molecule has 7 nitrogen and oxygen atoms in total. The lowest BCUT2D eigenvalue weighted by Gasteiger charge is -2.27. The van der Waals surface area contributed by atoms with Crippen LogP contribution in [0.3, 0.4) is 0 Å². The minimum atomic E-state index is -3.63. The average molecular weight is 280 g/mol. The number of nitrogens with one attached hydrogen (secondary N) is 1. The number of aliphatic hydroxyl groups excluding tert-OH is 1. The van der Waals surface area contributed by atoms with E-state index >= 15 is 0 Å². The molecule has 18 heavy (non-hydrogen) atoms. The number of aliphatic carboxylic acids is 1. The van der Waals surface area contributed by atoms with E-state index in [2.05, 4.69) is 4.72 Å². The molecule has 0 heterocycles. The smallest absolute Gasteiger partial charge is 0.304 e. The predicted molar refractivity (Wildman–Crippen MR) is 65.2 cm³/mol. The molecule has 0 aliphatic heterocycles. The molecule has 0 aromatic rings. The highest BCUT2D eigenvalue weighted by atomic mass is 32.2. The Kier molecular flexibility index (Phi) is 5.51. The van der Waals surface area contributed by atoms with Crippen molar-refractivity contribution in [2.45, 2.75) is 44.2 Å². The molecular formula is C10H20N2O5S. The molecule has 1 aliphatic carbocycles. The molecular weight excluding hydrogens is 260 g/mol. The first-order valence-electron chi connectivity index (χ1n) is 5.94. The third-order valence-corrected chi connectivity index (χ3v) is 4.70. The van der Waals surface area contributed by atoms with Crippen molar-refractivity contribution >= 4 is 16.2 Å². The van der Waals surface area contributed by atoms with Gasteiger partial charge >= 0.3 is 5.97 Å². The standard InChI is InChI=1S/C10H20N2O5S/c1-12(7-6-10(14)15)18(16,17)11-8-2-4-9(13)5-3-8/h8-9,11,13H,2-7H2,1H3,(H,14,15). The quantitative estimate of drug-likeness (QED) is 0.610. The van der Waals surface area contributed by atoms with Gasteiger partial charge < -0.3 is 10.2 Å². The Labute approximate surface area is 107 Å². The van der Waals surface area contributed by atoms with Gasteiger partial charge in [-0.1, -0.05) is 0 Å². The Hall–Kier alpha value is -0.700. The van der Waals surface area contributed by atoms with Crippen LogP contribution in [0.4, 0.5) is 0 Å². The summed E-state index contributed by atoms with van der Waals surface area (Å²) in [6.45, 7) is -0.0555. The van der Waals surface area contributed by atoms with Gasteiger partial charge in [-0.25, -0.2) is 0 Å². The van der Waals surface area contributed by atoms with Crippen molar-refractivity contribution in [3.05, 3.63) is 0 Å². The molecule has 3 N–H and O–H groups in total. The van der Waals surface area contributed by atoms with E-state index in [4.69, 9.17) is 5.11 Å². The van der Waals surface area contributed by atoms with Crippen molar-refractivity contribution in [2.75, 3.05) is 13.6 Å². The van der Waals surface area contributed by atoms with Gasteiger partial charge in [-0.15, -0.1) is 0 Å². The van der Waals surface area contributed by atoms with Crippen LogP contribution in [0.15, 0.2) is 0 Å². The van der Waals surface area contributed by atoms with Gasteiger partial charge in [0.15, 0.2) is 0 Å². The Morgan fingerprint density at radius 2 is 1.89 bits per heavy atom. The van der Waals surface area contributed by atoms with Crippen molar-refractivity contribution in [2.24, 2.45) is 0 Å². The average Bonchev–Trinajstić information content (AvgIpc) is 2.28. The van der Waals surface area contributed by atoms with Gasteiger partial charge in [-0.3, -0.25) is 4.79 Å². The molecule has 106 valence electrons. The number of aliphatic hydroxyl groups is 1. The molecule has 0 amide bonds. The van der Waals surface area contributed by atoms with E-state index in [1.54, 1.807) is 0 Å². The predicted octanol–water partition coefficient (Wildman–Crippen LogP) is -0.469. The second-order valence-electron chi connectivity index (χ2n) is 4.59. The number of nitrogens with zero attached hydrogens (tertiary/aromatic N) is 1. The minimum Gasteiger partial charge on any atom is -0.481 e. The molecule has 1 saturated carbocycles. The summed E-state index contributed by atoms with van der Waals surface area (Å²) in [7, 11) is -2.28. The number of carboxylic acid groups (broad SMARTS) is 1. The molecule has 0 spiro atoms. The fourth-order valence-corrected chi connectivity index (χ4v) is 3.04. The zero-order chi connectivity index (χ0) is 13.8. The van der Waals surface area contributed by atoms with E-state index in [1.165, 1.54) is 7.05 Å². The van der Waals surface area contributed by atoms with E-state index in [-0.39, 0.29) is 25.1 Å². The SMILES string of the molecule is CN(CCC(=O)O)S(=O)(=O)NC1CCC(O)CC1. The fraction of sp³-hybridized carbons (Fsp3) is 0.900. The van der Waals surface area contributed by atoms with Gasteiger partial charge in [-0.05, 0) is 25.7 Å². The van der Waals surface area contributed by atoms with Crippen LogP contribution in [0.25, 0.3) is 0 Å². The largest absolute Gasteiger partial charge is 0.481 e. The summed E-state index contributed by atoms with van der Waals surface area (Å²) in [6, 6.07) is -0.175. The fourth-order valence-electron chi connectivity index (χ4n) is 1.87. The first-order valence-corrected chi connectivity index (χ1v) is 7.38. The second-order valence-corrected chi connectivity index (χ2v) is 6.40. The maximum atomic E-state index is 11.9. The number of hydrogen-bond donors (Lipinski definition) is 3. The van der Waals surface area contributed by atoms with Crippen molar-refractivity contribution in [3.63, 3.8) is 0 Å². The van der Waals surface area contributed by atoms with E-state index in [0.29, 0.717) is 25.7 Å². The monoisotopic (exact) mass is 280 g/mol. The first-order chi connectivity index (χ1) is 8.31. The number of carboxylic acids is 1. The van der Waals surface area contributed by atoms with E-state index < -0.39 is 16.2 Å². The van der Waals surface area contributed by atoms with Crippen LogP contribution in [-0.4, -0.2) is 54.6 Å². The summed E-state index contributed by atoms with van der Waals surface area (Å²) >= 11 is 0. The van der Waals surface area contributed by atoms with Crippen LogP contribution in [0.2, 0.25) is 0 Å². The Balaban J connectivity index is 2.45. The molecule has 0 atom stereocenters. The van der Waals surface area contributed by atoms with Gasteiger partial charge in [0.1, 0.15) is 0 Å². The van der Waals surface area contributed by atoms with Crippen molar-refractivity contribution in [1.82, 2.24) is 9.03 Å². The molecule has 1 rings (SSSR count).